The van der Waals surface area contributed by atoms with Crippen LogP contribution in [0.1, 0.15) is 49.4 Å². The highest BCUT2D eigenvalue weighted by Gasteiger charge is 2.36. The van der Waals surface area contributed by atoms with Gasteiger partial charge in [-0.25, -0.2) is 0 Å². The Morgan fingerprint density at radius 3 is 2.36 bits per heavy atom. The SMILES string of the molecule is CCCCN(C(=O)c1cc(OC)c(OC)c(OC)c1)C1=C[C@H]2CC[C@H](C1)N2C. The Kier molecular flexibility index (Phi) is 6.50. The summed E-state index contributed by atoms with van der Waals surface area (Å²) in [6.45, 7) is 2.87. The van der Waals surface area contributed by atoms with Crippen molar-refractivity contribution in [3.05, 3.63) is 29.5 Å². The van der Waals surface area contributed by atoms with Gasteiger partial charge in [-0.15, -0.1) is 0 Å². The molecule has 2 atom stereocenters. The van der Waals surface area contributed by atoms with Crippen molar-refractivity contribution < 1.29 is 19.0 Å². The van der Waals surface area contributed by atoms with Crippen LogP contribution in [-0.4, -0.2) is 62.7 Å². The monoisotopic (exact) mass is 388 g/mol. The molecule has 2 aliphatic rings. The van der Waals surface area contributed by atoms with Crippen LogP contribution >= 0.6 is 0 Å². The van der Waals surface area contributed by atoms with Crippen LogP contribution in [0.5, 0.6) is 17.2 Å². The van der Waals surface area contributed by atoms with E-state index in [1.165, 1.54) is 12.8 Å². The Hall–Kier alpha value is -2.21. The number of carbonyl (C=O) groups is 1. The zero-order valence-corrected chi connectivity index (χ0v) is 17.7. The second kappa shape index (κ2) is 8.86. The van der Waals surface area contributed by atoms with Crippen LogP contribution in [0.4, 0.5) is 0 Å². The summed E-state index contributed by atoms with van der Waals surface area (Å²) in [5.41, 5.74) is 1.70. The van der Waals surface area contributed by atoms with E-state index in [2.05, 4.69) is 24.9 Å². The third-order valence-corrected chi connectivity index (χ3v) is 5.96. The molecule has 1 amide bonds. The zero-order valence-electron chi connectivity index (χ0n) is 17.7. The first-order valence-corrected chi connectivity index (χ1v) is 10.1. The van der Waals surface area contributed by atoms with Crippen molar-refractivity contribution in [3.63, 3.8) is 0 Å². The van der Waals surface area contributed by atoms with Crippen molar-refractivity contribution >= 4 is 5.91 Å². The van der Waals surface area contributed by atoms with Crippen LogP contribution in [0.15, 0.2) is 23.9 Å². The smallest absolute Gasteiger partial charge is 0.258 e. The summed E-state index contributed by atoms with van der Waals surface area (Å²) in [4.78, 5) is 17.9. The number of ether oxygens (including phenoxy) is 3. The number of benzene rings is 1. The van der Waals surface area contributed by atoms with E-state index in [0.717, 1.165) is 31.5 Å². The maximum Gasteiger partial charge on any atom is 0.258 e. The van der Waals surface area contributed by atoms with Gasteiger partial charge >= 0.3 is 0 Å². The lowest BCUT2D eigenvalue weighted by Crippen LogP contribution is -2.41. The zero-order chi connectivity index (χ0) is 20.3. The number of fused-ring (bicyclic) bond motifs is 2. The van der Waals surface area contributed by atoms with Gasteiger partial charge in [0.15, 0.2) is 11.5 Å². The predicted molar refractivity (Wildman–Crippen MR) is 109 cm³/mol. The summed E-state index contributed by atoms with van der Waals surface area (Å²) in [5.74, 6) is 1.48. The number of carbonyl (C=O) groups excluding carboxylic acids is 1. The largest absolute Gasteiger partial charge is 0.493 e. The van der Waals surface area contributed by atoms with E-state index in [4.69, 9.17) is 14.2 Å². The molecule has 0 N–H and O–H groups in total. The lowest BCUT2D eigenvalue weighted by Gasteiger charge is -2.35. The molecule has 1 aromatic carbocycles. The second-order valence-electron chi connectivity index (χ2n) is 7.55. The molecule has 3 rings (SSSR count). The molecule has 154 valence electrons. The Labute approximate surface area is 168 Å². The fourth-order valence-electron chi connectivity index (χ4n) is 4.27. The van der Waals surface area contributed by atoms with Crippen LogP contribution in [0, 0.1) is 0 Å². The Bertz CT molecular complexity index is 721. The van der Waals surface area contributed by atoms with E-state index in [-0.39, 0.29) is 5.91 Å². The van der Waals surface area contributed by atoms with Crippen LogP contribution in [0.2, 0.25) is 0 Å². The third kappa shape index (κ3) is 3.83. The molecule has 1 fully saturated rings. The van der Waals surface area contributed by atoms with E-state index < -0.39 is 0 Å². The summed E-state index contributed by atoms with van der Waals surface area (Å²) < 4.78 is 16.3. The highest BCUT2D eigenvalue weighted by atomic mass is 16.5. The van der Waals surface area contributed by atoms with Crippen LogP contribution in [-0.2, 0) is 0 Å². The van der Waals surface area contributed by atoms with Gasteiger partial charge in [-0.3, -0.25) is 9.69 Å². The molecule has 6 heteroatoms. The second-order valence-corrected chi connectivity index (χ2v) is 7.55. The van der Waals surface area contributed by atoms with Gasteiger partial charge in [0.05, 0.1) is 21.3 Å². The quantitative estimate of drug-likeness (QED) is 0.680. The molecule has 1 saturated heterocycles. The number of likely N-dealkylation sites (N-methyl/N-ethyl adjacent to an activating group) is 1. The average Bonchev–Trinajstić information content (AvgIpc) is 2.93. The van der Waals surface area contributed by atoms with Gasteiger partial charge < -0.3 is 19.1 Å². The van der Waals surface area contributed by atoms with E-state index >= 15 is 0 Å². The summed E-state index contributed by atoms with van der Waals surface area (Å²) in [5, 5.41) is 0. The molecular formula is C22H32N2O4. The van der Waals surface area contributed by atoms with Gasteiger partial charge in [0.2, 0.25) is 5.75 Å². The van der Waals surface area contributed by atoms with Crippen LogP contribution < -0.4 is 14.2 Å². The van der Waals surface area contributed by atoms with Gasteiger partial charge in [0, 0.05) is 36.3 Å². The van der Waals surface area contributed by atoms with E-state index in [0.29, 0.717) is 34.9 Å². The first kappa shape index (κ1) is 20.5. The summed E-state index contributed by atoms with van der Waals surface area (Å²) >= 11 is 0. The van der Waals surface area contributed by atoms with E-state index in [9.17, 15) is 4.79 Å². The van der Waals surface area contributed by atoms with Gasteiger partial charge in [-0.1, -0.05) is 13.3 Å². The average molecular weight is 389 g/mol. The highest BCUT2D eigenvalue weighted by Crippen LogP contribution is 2.40. The summed E-state index contributed by atoms with van der Waals surface area (Å²) in [6.07, 6.45) is 7.59. The van der Waals surface area contributed by atoms with Crippen molar-refractivity contribution in [3.8, 4) is 17.2 Å². The van der Waals surface area contributed by atoms with Crippen molar-refractivity contribution in [1.29, 1.82) is 0 Å². The van der Waals surface area contributed by atoms with Crippen molar-refractivity contribution in [2.75, 3.05) is 34.9 Å². The normalized spacial score (nSPS) is 21.2. The molecule has 2 aliphatic heterocycles. The van der Waals surface area contributed by atoms with Crippen LogP contribution in [0.25, 0.3) is 0 Å². The minimum Gasteiger partial charge on any atom is -0.493 e. The molecule has 0 saturated carbocycles. The first-order valence-electron chi connectivity index (χ1n) is 10.1. The minimum atomic E-state index is -0.0112. The third-order valence-electron chi connectivity index (χ3n) is 5.96. The molecule has 0 aromatic heterocycles. The van der Waals surface area contributed by atoms with Gasteiger partial charge in [0.25, 0.3) is 5.91 Å². The molecule has 0 spiro atoms. The van der Waals surface area contributed by atoms with E-state index in [1.54, 1.807) is 33.5 Å². The Morgan fingerprint density at radius 2 is 1.82 bits per heavy atom. The number of hydrogen-bond acceptors (Lipinski definition) is 5. The number of amides is 1. The fraction of sp³-hybridized carbons (Fsp3) is 0.591. The standard InChI is InChI=1S/C22H32N2O4/c1-6-7-10-24(18-13-16-8-9-17(14-18)23(16)2)22(25)15-11-19(26-3)21(28-5)20(12-15)27-4/h11-13,16-17H,6-10,14H2,1-5H3/t16-,17-/m1/s1. The molecule has 0 radical (unpaired) electrons. The molecule has 2 bridgehead atoms. The lowest BCUT2D eigenvalue weighted by molar-refractivity contribution is 0.0783. The number of rotatable bonds is 8. The Balaban J connectivity index is 1.95. The van der Waals surface area contributed by atoms with Crippen molar-refractivity contribution in [2.45, 2.75) is 51.1 Å². The van der Waals surface area contributed by atoms with Gasteiger partial charge in [-0.05, 0) is 44.5 Å². The van der Waals surface area contributed by atoms with Crippen molar-refractivity contribution in [1.82, 2.24) is 9.80 Å². The highest BCUT2D eigenvalue weighted by molar-refractivity contribution is 5.96. The first-order chi connectivity index (χ1) is 13.5. The van der Waals surface area contributed by atoms with E-state index in [1.807, 2.05) is 4.90 Å². The van der Waals surface area contributed by atoms with Gasteiger partial charge in [0.1, 0.15) is 0 Å². The molecule has 1 aromatic rings. The molecule has 2 heterocycles. The van der Waals surface area contributed by atoms with Crippen LogP contribution in [0.3, 0.4) is 0 Å². The summed E-state index contributed by atoms with van der Waals surface area (Å²) in [7, 11) is 6.89. The van der Waals surface area contributed by atoms with Crippen molar-refractivity contribution in [2.24, 2.45) is 0 Å². The van der Waals surface area contributed by atoms with Gasteiger partial charge in [-0.2, -0.15) is 0 Å². The topological polar surface area (TPSA) is 51.2 Å². The molecule has 0 unspecified atom stereocenters. The Morgan fingerprint density at radius 1 is 1.14 bits per heavy atom. The maximum absolute atomic E-state index is 13.5. The number of nitrogens with zero attached hydrogens (tertiary/aromatic N) is 2. The molecule has 0 aliphatic carbocycles. The maximum atomic E-state index is 13.5. The number of unbranched alkanes of at least 4 members (excludes halogenated alkanes) is 1. The predicted octanol–water partition coefficient (Wildman–Crippen LogP) is 3.71. The molecular weight excluding hydrogens is 356 g/mol. The number of methoxy groups -OCH3 is 3. The molecule has 6 nitrogen and oxygen atoms in total. The summed E-state index contributed by atoms with van der Waals surface area (Å²) in [6, 6.07) is 4.45. The lowest BCUT2D eigenvalue weighted by atomic mass is 10.0. The minimum absolute atomic E-state index is 0.0112. The number of hydrogen-bond donors (Lipinski definition) is 0. The fourth-order valence-corrected chi connectivity index (χ4v) is 4.27. The molecule has 28 heavy (non-hydrogen) atoms.